The van der Waals surface area contributed by atoms with Gasteiger partial charge in [0.15, 0.2) is 0 Å². The average molecular weight is 380 g/mol. The van der Waals surface area contributed by atoms with Gasteiger partial charge in [-0.1, -0.05) is 59.1 Å². The third-order valence-electron chi connectivity index (χ3n) is 3.27. The van der Waals surface area contributed by atoms with Crippen LogP contribution in [0.2, 0.25) is 15.1 Å². The van der Waals surface area contributed by atoms with E-state index in [0.29, 0.717) is 39.1 Å². The molecule has 0 aliphatic rings. The first-order valence-corrected chi connectivity index (χ1v) is 8.28. The van der Waals surface area contributed by atoms with E-state index in [4.69, 9.17) is 34.8 Å². The molecule has 0 saturated heterocycles. The summed E-state index contributed by atoms with van der Waals surface area (Å²) in [5.74, 6) is 1.06. The molecule has 2 N–H and O–H groups in total. The van der Waals surface area contributed by atoms with Crippen LogP contribution in [0, 0.1) is 0 Å². The summed E-state index contributed by atoms with van der Waals surface area (Å²) in [5, 5.41) is 7.99. The van der Waals surface area contributed by atoms with Crippen molar-refractivity contribution in [2.75, 3.05) is 10.6 Å². The van der Waals surface area contributed by atoms with Gasteiger partial charge < -0.3 is 10.6 Å². The summed E-state index contributed by atoms with van der Waals surface area (Å²) in [7, 11) is 0. The van der Waals surface area contributed by atoms with Gasteiger partial charge in [-0.25, -0.2) is 4.98 Å². The molecule has 3 rings (SSSR count). The molecular weight excluding hydrogens is 367 g/mol. The van der Waals surface area contributed by atoms with Crippen molar-refractivity contribution in [3.63, 3.8) is 0 Å². The zero-order valence-corrected chi connectivity index (χ0v) is 14.7. The summed E-state index contributed by atoms with van der Waals surface area (Å²) < 4.78 is 0. The van der Waals surface area contributed by atoms with Crippen LogP contribution in [0.15, 0.2) is 54.7 Å². The normalized spacial score (nSPS) is 10.5. The minimum Gasteiger partial charge on any atom is -0.350 e. The Kier molecular flexibility index (Phi) is 5.41. The molecule has 2 aromatic carbocycles. The minimum atomic E-state index is 0.475. The monoisotopic (exact) mass is 378 g/mol. The van der Waals surface area contributed by atoms with Crippen molar-refractivity contribution in [1.29, 1.82) is 0 Å². The number of halogens is 3. The van der Waals surface area contributed by atoms with Crippen LogP contribution in [0.5, 0.6) is 0 Å². The Balaban J connectivity index is 1.74. The van der Waals surface area contributed by atoms with Crippen LogP contribution >= 0.6 is 34.8 Å². The predicted molar refractivity (Wildman–Crippen MR) is 101 cm³/mol. The number of nitrogens with zero attached hydrogens (tertiary/aromatic N) is 2. The van der Waals surface area contributed by atoms with E-state index in [9.17, 15) is 0 Å². The Bertz CT molecular complexity index is 834. The van der Waals surface area contributed by atoms with Crippen molar-refractivity contribution < 1.29 is 0 Å². The van der Waals surface area contributed by atoms with E-state index in [1.807, 2.05) is 24.3 Å². The number of aromatic nitrogens is 2. The first-order valence-electron chi connectivity index (χ1n) is 7.15. The van der Waals surface area contributed by atoms with E-state index in [0.717, 1.165) is 5.56 Å². The molecule has 24 heavy (non-hydrogen) atoms. The van der Waals surface area contributed by atoms with Crippen molar-refractivity contribution in [2.24, 2.45) is 0 Å². The maximum atomic E-state index is 6.16. The average Bonchev–Trinajstić information content (AvgIpc) is 2.58. The van der Waals surface area contributed by atoms with E-state index in [1.54, 1.807) is 30.5 Å². The van der Waals surface area contributed by atoms with Crippen LogP contribution in [0.3, 0.4) is 0 Å². The summed E-state index contributed by atoms with van der Waals surface area (Å²) in [6.45, 7) is 0.524. The number of para-hydroxylation sites is 1. The summed E-state index contributed by atoms with van der Waals surface area (Å²) in [5.41, 5.74) is 1.58. The molecule has 0 radical (unpaired) electrons. The first-order chi connectivity index (χ1) is 11.6. The highest BCUT2D eigenvalue weighted by atomic mass is 35.5. The van der Waals surface area contributed by atoms with Gasteiger partial charge in [-0.2, -0.15) is 4.98 Å². The molecule has 3 aromatic rings. The molecule has 7 heteroatoms. The van der Waals surface area contributed by atoms with Gasteiger partial charge >= 0.3 is 0 Å². The number of nitrogens with one attached hydrogen (secondary N) is 2. The Morgan fingerprint density at radius 2 is 1.54 bits per heavy atom. The van der Waals surface area contributed by atoms with Crippen LogP contribution in [0.4, 0.5) is 17.5 Å². The smallest absolute Gasteiger partial charge is 0.224 e. The standard InChI is InChI=1S/C17H13Cl3N4/c18-12-5-2-1-4-11(12)10-22-17-21-9-8-15(24-17)23-16-13(19)6-3-7-14(16)20/h1-9H,10H2,(H2,21,22,23,24). The predicted octanol–water partition coefficient (Wildman–Crippen LogP) is 5.79. The van der Waals surface area contributed by atoms with E-state index in [1.165, 1.54) is 0 Å². The molecule has 0 saturated carbocycles. The lowest BCUT2D eigenvalue weighted by Crippen LogP contribution is -2.05. The third kappa shape index (κ3) is 4.09. The second-order valence-corrected chi connectivity index (χ2v) is 6.15. The van der Waals surface area contributed by atoms with Gasteiger partial charge in [0.25, 0.3) is 0 Å². The van der Waals surface area contributed by atoms with Gasteiger partial charge in [-0.15, -0.1) is 0 Å². The topological polar surface area (TPSA) is 49.8 Å². The fraction of sp³-hybridized carbons (Fsp3) is 0.0588. The van der Waals surface area contributed by atoms with Gasteiger partial charge in [-0.3, -0.25) is 0 Å². The lowest BCUT2D eigenvalue weighted by atomic mass is 10.2. The van der Waals surface area contributed by atoms with Crippen molar-refractivity contribution >= 4 is 52.3 Å². The minimum absolute atomic E-state index is 0.475. The van der Waals surface area contributed by atoms with Crippen LogP contribution < -0.4 is 10.6 Å². The van der Waals surface area contributed by atoms with Gasteiger partial charge in [0.2, 0.25) is 5.95 Å². The second kappa shape index (κ2) is 7.71. The number of rotatable bonds is 5. The maximum Gasteiger partial charge on any atom is 0.224 e. The zero-order chi connectivity index (χ0) is 16.9. The summed E-state index contributed by atoms with van der Waals surface area (Å²) in [6, 6.07) is 14.6. The van der Waals surface area contributed by atoms with Crippen LogP contribution in [-0.4, -0.2) is 9.97 Å². The molecule has 0 unspecified atom stereocenters. The Hall–Kier alpha value is -2.01. The molecule has 4 nitrogen and oxygen atoms in total. The van der Waals surface area contributed by atoms with Crippen molar-refractivity contribution in [3.8, 4) is 0 Å². The molecule has 1 aromatic heterocycles. The van der Waals surface area contributed by atoms with Crippen molar-refractivity contribution in [3.05, 3.63) is 75.4 Å². The Morgan fingerprint density at radius 1 is 0.833 bits per heavy atom. The third-order valence-corrected chi connectivity index (χ3v) is 4.26. The first kappa shape index (κ1) is 16.8. The molecule has 0 bridgehead atoms. The summed E-state index contributed by atoms with van der Waals surface area (Å²) in [6.07, 6.45) is 1.65. The van der Waals surface area contributed by atoms with Gasteiger partial charge in [0.1, 0.15) is 5.82 Å². The van der Waals surface area contributed by atoms with E-state index in [-0.39, 0.29) is 0 Å². The summed E-state index contributed by atoms with van der Waals surface area (Å²) in [4.78, 5) is 8.60. The highest BCUT2D eigenvalue weighted by molar-refractivity contribution is 6.39. The van der Waals surface area contributed by atoms with Crippen LogP contribution in [0.1, 0.15) is 5.56 Å². The molecule has 122 valence electrons. The molecule has 0 aliphatic carbocycles. The van der Waals surface area contributed by atoms with E-state index < -0.39 is 0 Å². The maximum absolute atomic E-state index is 6.16. The van der Waals surface area contributed by atoms with E-state index >= 15 is 0 Å². The molecule has 0 aliphatic heterocycles. The summed E-state index contributed by atoms with van der Waals surface area (Å²) >= 11 is 18.5. The van der Waals surface area contributed by atoms with Crippen molar-refractivity contribution in [1.82, 2.24) is 9.97 Å². The fourth-order valence-corrected chi connectivity index (χ4v) is 2.77. The number of hydrogen-bond donors (Lipinski definition) is 2. The number of benzene rings is 2. The Morgan fingerprint density at radius 3 is 2.29 bits per heavy atom. The fourth-order valence-electron chi connectivity index (χ4n) is 2.07. The molecule has 0 amide bonds. The Labute approximate surface area is 154 Å². The molecule has 0 atom stereocenters. The largest absolute Gasteiger partial charge is 0.350 e. The van der Waals surface area contributed by atoms with E-state index in [2.05, 4.69) is 20.6 Å². The van der Waals surface area contributed by atoms with Gasteiger partial charge in [-0.05, 0) is 29.8 Å². The highest BCUT2D eigenvalue weighted by Crippen LogP contribution is 2.32. The molecule has 0 fully saturated rings. The highest BCUT2D eigenvalue weighted by Gasteiger charge is 2.07. The lowest BCUT2D eigenvalue weighted by Gasteiger charge is -2.11. The number of hydrogen-bond acceptors (Lipinski definition) is 4. The zero-order valence-electron chi connectivity index (χ0n) is 12.4. The quantitative estimate of drug-likeness (QED) is 0.589. The van der Waals surface area contributed by atoms with Gasteiger partial charge in [0.05, 0.1) is 15.7 Å². The second-order valence-electron chi connectivity index (χ2n) is 4.93. The lowest BCUT2D eigenvalue weighted by molar-refractivity contribution is 1.06. The molecule has 0 spiro atoms. The SMILES string of the molecule is Clc1ccccc1CNc1nccc(Nc2c(Cl)cccc2Cl)n1. The van der Waals surface area contributed by atoms with Gasteiger partial charge in [0, 0.05) is 17.8 Å². The molecule has 1 heterocycles. The van der Waals surface area contributed by atoms with Crippen molar-refractivity contribution in [2.45, 2.75) is 6.54 Å². The number of anilines is 3. The van der Waals surface area contributed by atoms with Crippen LogP contribution in [-0.2, 0) is 6.54 Å². The molecular formula is C17H13Cl3N4. The van der Waals surface area contributed by atoms with Crippen LogP contribution in [0.25, 0.3) is 0 Å².